The van der Waals surface area contributed by atoms with E-state index in [9.17, 15) is 4.79 Å². The van der Waals surface area contributed by atoms with E-state index in [0.29, 0.717) is 16.5 Å². The van der Waals surface area contributed by atoms with Gasteiger partial charge in [0.25, 0.3) is 0 Å². The lowest BCUT2D eigenvalue weighted by atomic mass is 10.2. The minimum absolute atomic E-state index is 0.199. The Morgan fingerprint density at radius 3 is 2.71 bits per heavy atom. The summed E-state index contributed by atoms with van der Waals surface area (Å²) in [6.07, 6.45) is 0.725. The molecule has 17 heavy (non-hydrogen) atoms. The van der Waals surface area contributed by atoms with E-state index in [2.05, 4.69) is 21.8 Å². The molecule has 0 aliphatic rings. The summed E-state index contributed by atoms with van der Waals surface area (Å²) in [5.74, 6) is 6.08. The third-order valence-corrected chi connectivity index (χ3v) is 3.00. The molecule has 0 unspecified atom stereocenters. The Balaban J connectivity index is 2.94. The number of carboxylic acid groups (broad SMARTS) is 1. The molecule has 5 heteroatoms. The number of hydrogen-bond donors (Lipinski definition) is 1. The van der Waals surface area contributed by atoms with Gasteiger partial charge in [-0.05, 0) is 20.8 Å². The highest BCUT2D eigenvalue weighted by molar-refractivity contribution is 7.99. The molecule has 0 aliphatic carbocycles. The molecule has 0 fully saturated rings. The molecular weight excluding hydrogens is 236 g/mol. The summed E-state index contributed by atoms with van der Waals surface area (Å²) in [5.41, 5.74) is 0.708. The fourth-order valence-electron chi connectivity index (χ4n) is 1.36. The first-order chi connectivity index (χ1) is 8.06. The molecule has 0 aliphatic heterocycles. The number of rotatable bonds is 4. The third-order valence-electron chi connectivity index (χ3n) is 2.03. The molecule has 0 radical (unpaired) electrons. The predicted octanol–water partition coefficient (Wildman–Crippen LogP) is 2.30. The third kappa shape index (κ3) is 3.75. The number of thioether (sulfide) groups is 1. The quantitative estimate of drug-likeness (QED) is 0.384. The van der Waals surface area contributed by atoms with Gasteiger partial charge in [-0.25, -0.2) is 14.8 Å². The summed E-state index contributed by atoms with van der Waals surface area (Å²) in [6.45, 7) is 5.23. The Morgan fingerprint density at radius 1 is 1.41 bits per heavy atom. The first-order valence-electron chi connectivity index (χ1n) is 5.17. The molecule has 1 aromatic heterocycles. The van der Waals surface area contributed by atoms with Gasteiger partial charge in [0.2, 0.25) is 0 Å². The van der Waals surface area contributed by atoms with E-state index in [4.69, 9.17) is 5.11 Å². The summed E-state index contributed by atoms with van der Waals surface area (Å²) >= 11 is 1.41. The molecule has 0 atom stereocenters. The van der Waals surface area contributed by atoms with Crippen molar-refractivity contribution in [1.29, 1.82) is 0 Å². The van der Waals surface area contributed by atoms with E-state index in [0.717, 1.165) is 12.2 Å². The van der Waals surface area contributed by atoms with Crippen LogP contribution in [0.5, 0.6) is 0 Å². The maximum absolute atomic E-state index is 11.1. The molecule has 0 amide bonds. The van der Waals surface area contributed by atoms with Gasteiger partial charge in [-0.1, -0.05) is 0 Å². The molecule has 0 spiro atoms. The van der Waals surface area contributed by atoms with Crippen molar-refractivity contribution in [3.63, 3.8) is 0 Å². The molecule has 1 heterocycles. The number of hydrogen-bond acceptors (Lipinski definition) is 4. The van der Waals surface area contributed by atoms with Gasteiger partial charge < -0.3 is 5.11 Å². The van der Waals surface area contributed by atoms with Crippen molar-refractivity contribution in [2.45, 2.75) is 32.2 Å². The number of carbonyl (C=O) groups is 1. The predicted molar refractivity (Wildman–Crippen MR) is 67.3 cm³/mol. The van der Waals surface area contributed by atoms with Crippen molar-refractivity contribution >= 4 is 17.7 Å². The zero-order valence-corrected chi connectivity index (χ0v) is 10.9. The highest BCUT2D eigenvalue weighted by Gasteiger charge is 2.16. The van der Waals surface area contributed by atoms with E-state index in [-0.39, 0.29) is 5.56 Å². The number of aromatic nitrogens is 2. The zero-order valence-electron chi connectivity index (χ0n) is 10.1. The van der Waals surface area contributed by atoms with Crippen LogP contribution in [0, 0.1) is 25.7 Å². The maximum atomic E-state index is 11.1. The smallest absolute Gasteiger partial charge is 0.340 e. The number of nitrogens with zero attached hydrogens (tertiary/aromatic N) is 2. The Bertz CT molecular complexity index is 489. The van der Waals surface area contributed by atoms with Gasteiger partial charge in [-0.3, -0.25) is 0 Å². The van der Waals surface area contributed by atoms with Crippen LogP contribution in [-0.4, -0.2) is 26.8 Å². The topological polar surface area (TPSA) is 63.1 Å². The first kappa shape index (κ1) is 13.5. The number of aromatic carboxylic acids is 1. The number of carboxylic acids is 1. The molecule has 90 valence electrons. The van der Waals surface area contributed by atoms with Crippen molar-refractivity contribution in [1.82, 2.24) is 9.97 Å². The summed E-state index contributed by atoms with van der Waals surface area (Å²) in [5, 5.41) is 9.65. The Kier molecular flexibility index (Phi) is 4.98. The van der Waals surface area contributed by atoms with E-state index < -0.39 is 5.97 Å². The zero-order chi connectivity index (χ0) is 12.8. The maximum Gasteiger partial charge on any atom is 0.340 e. The monoisotopic (exact) mass is 250 g/mol. The average molecular weight is 250 g/mol. The summed E-state index contributed by atoms with van der Waals surface area (Å²) < 4.78 is 0. The van der Waals surface area contributed by atoms with E-state index in [1.807, 2.05) is 0 Å². The van der Waals surface area contributed by atoms with E-state index in [1.165, 1.54) is 11.8 Å². The van der Waals surface area contributed by atoms with E-state index in [1.54, 1.807) is 20.8 Å². The van der Waals surface area contributed by atoms with Crippen LogP contribution in [0.2, 0.25) is 0 Å². The van der Waals surface area contributed by atoms with Crippen LogP contribution in [0.3, 0.4) is 0 Å². The van der Waals surface area contributed by atoms with Crippen LogP contribution in [0.4, 0.5) is 0 Å². The van der Waals surface area contributed by atoms with Crippen LogP contribution in [0.15, 0.2) is 5.03 Å². The largest absolute Gasteiger partial charge is 0.478 e. The van der Waals surface area contributed by atoms with Crippen LogP contribution in [0.1, 0.15) is 35.2 Å². The normalized spacial score (nSPS) is 9.59. The second-order valence-electron chi connectivity index (χ2n) is 3.37. The Morgan fingerprint density at radius 2 is 2.12 bits per heavy atom. The van der Waals surface area contributed by atoms with Crippen molar-refractivity contribution in [3.05, 3.63) is 17.1 Å². The van der Waals surface area contributed by atoms with Crippen LogP contribution in [-0.2, 0) is 0 Å². The van der Waals surface area contributed by atoms with Crippen LogP contribution < -0.4 is 0 Å². The lowest BCUT2D eigenvalue weighted by Crippen LogP contribution is -2.08. The van der Waals surface area contributed by atoms with Crippen LogP contribution >= 0.6 is 11.8 Å². The van der Waals surface area contributed by atoms with Crippen molar-refractivity contribution in [2.75, 3.05) is 5.75 Å². The SMILES string of the molecule is CC#CCCSc1nc(C)nc(C)c1C(=O)O. The molecule has 1 N–H and O–H groups in total. The molecular formula is C12H14N2O2S. The molecule has 0 bridgehead atoms. The highest BCUT2D eigenvalue weighted by atomic mass is 32.2. The molecule has 0 aromatic carbocycles. The van der Waals surface area contributed by atoms with Gasteiger partial charge in [0.05, 0.1) is 5.69 Å². The van der Waals surface area contributed by atoms with Gasteiger partial charge in [-0.2, -0.15) is 0 Å². The van der Waals surface area contributed by atoms with Gasteiger partial charge in [0.1, 0.15) is 16.4 Å². The van der Waals surface area contributed by atoms with Crippen molar-refractivity contribution < 1.29 is 9.90 Å². The summed E-state index contributed by atoms with van der Waals surface area (Å²) in [4.78, 5) is 19.4. The van der Waals surface area contributed by atoms with Gasteiger partial charge >= 0.3 is 5.97 Å². The van der Waals surface area contributed by atoms with Gasteiger partial charge in [0.15, 0.2) is 0 Å². The van der Waals surface area contributed by atoms with Crippen LogP contribution in [0.25, 0.3) is 0 Å². The summed E-state index contributed by atoms with van der Waals surface area (Å²) in [7, 11) is 0. The molecule has 0 saturated carbocycles. The lowest BCUT2D eigenvalue weighted by Gasteiger charge is -2.07. The fraction of sp³-hybridized carbons (Fsp3) is 0.417. The fourth-order valence-corrected chi connectivity index (χ4v) is 2.33. The van der Waals surface area contributed by atoms with E-state index >= 15 is 0 Å². The minimum Gasteiger partial charge on any atom is -0.478 e. The highest BCUT2D eigenvalue weighted by Crippen LogP contribution is 2.23. The van der Waals surface area contributed by atoms with Crippen molar-refractivity contribution in [2.24, 2.45) is 0 Å². The van der Waals surface area contributed by atoms with Gasteiger partial charge in [-0.15, -0.1) is 23.6 Å². The average Bonchev–Trinajstić information content (AvgIpc) is 2.22. The first-order valence-corrected chi connectivity index (χ1v) is 6.15. The Labute approximate surface area is 105 Å². The second-order valence-corrected chi connectivity index (χ2v) is 4.45. The minimum atomic E-state index is -0.980. The standard InChI is InChI=1S/C12H14N2O2S/c1-4-5-6-7-17-11-10(12(15)16)8(2)13-9(3)14-11/h6-7H2,1-3H3,(H,15,16). The molecule has 1 aromatic rings. The van der Waals surface area contributed by atoms with Crippen molar-refractivity contribution in [3.8, 4) is 11.8 Å². The van der Waals surface area contributed by atoms with Gasteiger partial charge in [0, 0.05) is 12.2 Å². The molecule has 4 nitrogen and oxygen atoms in total. The number of aryl methyl sites for hydroxylation is 2. The molecule has 0 saturated heterocycles. The Hall–Kier alpha value is -1.54. The lowest BCUT2D eigenvalue weighted by molar-refractivity contribution is 0.0690. The summed E-state index contributed by atoms with van der Waals surface area (Å²) in [6, 6.07) is 0. The second kappa shape index (κ2) is 6.26. The molecule has 1 rings (SSSR count).